The molecule has 1 N–H and O–H groups in total. The smallest absolute Gasteiger partial charge is 0.246 e. The Morgan fingerprint density at radius 2 is 2.00 bits per heavy atom. The molecule has 0 aromatic heterocycles. The van der Waals surface area contributed by atoms with Gasteiger partial charge in [-0.2, -0.15) is 0 Å². The molecule has 2 amide bonds. The summed E-state index contributed by atoms with van der Waals surface area (Å²) in [5, 5.41) is 2.68. The predicted molar refractivity (Wildman–Crippen MR) is 64.5 cm³/mol. The first-order valence-corrected chi connectivity index (χ1v) is 6.01. The lowest BCUT2D eigenvalue weighted by Crippen LogP contribution is -2.68. The monoisotopic (exact) mass is 242 g/mol. The predicted octanol–water partition coefficient (Wildman–Crippen LogP) is 0.537. The molecule has 0 radical (unpaired) electrons. The molecule has 1 aliphatic heterocycles. The molecular formula is C12H22N2O3. The summed E-state index contributed by atoms with van der Waals surface area (Å²) in [5.74, 6) is -0.170. The van der Waals surface area contributed by atoms with Gasteiger partial charge in [0.25, 0.3) is 0 Å². The summed E-state index contributed by atoms with van der Waals surface area (Å²) >= 11 is 0. The van der Waals surface area contributed by atoms with E-state index in [2.05, 4.69) is 5.32 Å². The van der Waals surface area contributed by atoms with E-state index in [1.807, 2.05) is 13.8 Å². The Kier molecular flexibility index (Phi) is 4.14. The molecule has 0 spiro atoms. The van der Waals surface area contributed by atoms with Crippen molar-refractivity contribution in [1.29, 1.82) is 0 Å². The number of amides is 2. The number of nitrogens with zero attached hydrogens (tertiary/aromatic N) is 1. The van der Waals surface area contributed by atoms with E-state index in [0.717, 1.165) is 0 Å². The van der Waals surface area contributed by atoms with Gasteiger partial charge >= 0.3 is 0 Å². The first-order valence-electron chi connectivity index (χ1n) is 6.01. The van der Waals surface area contributed by atoms with Crippen molar-refractivity contribution in [3.8, 4) is 0 Å². The maximum atomic E-state index is 12.0. The van der Waals surface area contributed by atoms with Gasteiger partial charge in [-0.25, -0.2) is 0 Å². The molecule has 1 fully saturated rings. The summed E-state index contributed by atoms with van der Waals surface area (Å²) in [4.78, 5) is 25.4. The molecule has 98 valence electrons. The van der Waals surface area contributed by atoms with Gasteiger partial charge in [-0.05, 0) is 34.6 Å². The van der Waals surface area contributed by atoms with Gasteiger partial charge in [0, 0.05) is 6.54 Å². The third-order valence-corrected chi connectivity index (χ3v) is 2.98. The highest BCUT2D eigenvalue weighted by Gasteiger charge is 2.44. The van der Waals surface area contributed by atoms with Gasteiger partial charge < -0.3 is 15.0 Å². The van der Waals surface area contributed by atoms with Crippen molar-refractivity contribution >= 4 is 11.8 Å². The van der Waals surface area contributed by atoms with Crippen LogP contribution in [-0.2, 0) is 14.3 Å². The van der Waals surface area contributed by atoms with Gasteiger partial charge in [-0.3, -0.25) is 9.59 Å². The fourth-order valence-electron chi connectivity index (χ4n) is 1.84. The molecular weight excluding hydrogens is 220 g/mol. The van der Waals surface area contributed by atoms with Gasteiger partial charge in [0.1, 0.15) is 11.6 Å². The summed E-state index contributed by atoms with van der Waals surface area (Å²) in [7, 11) is 0. The SMILES string of the molecule is CC(C)OCCN1C(=O)C(C)NC(=O)C1(C)C. The van der Waals surface area contributed by atoms with Crippen LogP contribution in [0, 0.1) is 0 Å². The zero-order chi connectivity index (χ0) is 13.2. The molecule has 0 aromatic carbocycles. The van der Waals surface area contributed by atoms with Gasteiger partial charge in [-0.1, -0.05) is 0 Å². The number of piperazine rings is 1. The molecule has 0 bridgehead atoms. The Morgan fingerprint density at radius 3 is 2.53 bits per heavy atom. The molecule has 1 aliphatic rings. The van der Waals surface area contributed by atoms with Crippen molar-refractivity contribution in [3.63, 3.8) is 0 Å². The third kappa shape index (κ3) is 2.97. The number of rotatable bonds is 4. The van der Waals surface area contributed by atoms with E-state index in [1.165, 1.54) is 0 Å². The minimum Gasteiger partial charge on any atom is -0.377 e. The van der Waals surface area contributed by atoms with Crippen molar-refractivity contribution in [2.45, 2.75) is 52.3 Å². The fraction of sp³-hybridized carbons (Fsp3) is 0.833. The Morgan fingerprint density at radius 1 is 1.41 bits per heavy atom. The average Bonchev–Trinajstić information content (AvgIpc) is 2.20. The molecule has 0 saturated carbocycles. The van der Waals surface area contributed by atoms with E-state index in [9.17, 15) is 9.59 Å². The van der Waals surface area contributed by atoms with Crippen LogP contribution in [0.15, 0.2) is 0 Å². The molecule has 1 saturated heterocycles. The van der Waals surface area contributed by atoms with Crippen molar-refractivity contribution in [1.82, 2.24) is 10.2 Å². The van der Waals surface area contributed by atoms with Crippen LogP contribution >= 0.6 is 0 Å². The van der Waals surface area contributed by atoms with E-state index in [4.69, 9.17) is 4.74 Å². The van der Waals surface area contributed by atoms with Gasteiger partial charge in [0.2, 0.25) is 11.8 Å². The molecule has 0 aliphatic carbocycles. The van der Waals surface area contributed by atoms with Crippen LogP contribution in [0.3, 0.4) is 0 Å². The number of carbonyl (C=O) groups is 2. The normalized spacial score (nSPS) is 24.1. The van der Waals surface area contributed by atoms with Crippen molar-refractivity contribution in [3.05, 3.63) is 0 Å². The lowest BCUT2D eigenvalue weighted by molar-refractivity contribution is -0.155. The van der Waals surface area contributed by atoms with E-state index >= 15 is 0 Å². The maximum absolute atomic E-state index is 12.0. The first kappa shape index (κ1) is 14.0. The Balaban J connectivity index is 2.70. The number of hydrogen-bond acceptors (Lipinski definition) is 3. The van der Waals surface area contributed by atoms with Crippen molar-refractivity contribution < 1.29 is 14.3 Å². The topological polar surface area (TPSA) is 58.6 Å². The summed E-state index contributed by atoms with van der Waals surface area (Å²) < 4.78 is 5.43. The highest BCUT2D eigenvalue weighted by atomic mass is 16.5. The summed E-state index contributed by atoms with van der Waals surface area (Å²) in [6.07, 6.45) is 0.129. The Hall–Kier alpha value is -1.10. The molecule has 17 heavy (non-hydrogen) atoms. The minimum absolute atomic E-state index is 0.0537. The number of ether oxygens (including phenoxy) is 1. The molecule has 5 nitrogen and oxygen atoms in total. The maximum Gasteiger partial charge on any atom is 0.246 e. The van der Waals surface area contributed by atoms with Gasteiger partial charge in [-0.15, -0.1) is 0 Å². The number of carbonyl (C=O) groups excluding carboxylic acids is 2. The van der Waals surface area contributed by atoms with E-state index < -0.39 is 11.6 Å². The second-order valence-electron chi connectivity index (χ2n) is 5.16. The van der Waals surface area contributed by atoms with Crippen molar-refractivity contribution in [2.24, 2.45) is 0 Å². The number of hydrogen-bond donors (Lipinski definition) is 1. The first-order chi connectivity index (χ1) is 7.76. The zero-order valence-electron chi connectivity index (χ0n) is 11.2. The Bertz CT molecular complexity index is 313. The van der Waals surface area contributed by atoms with Crippen LogP contribution in [0.5, 0.6) is 0 Å². The van der Waals surface area contributed by atoms with Crippen LogP contribution in [-0.4, -0.2) is 47.6 Å². The summed E-state index contributed by atoms with van der Waals surface area (Å²) in [6.45, 7) is 9.99. The van der Waals surface area contributed by atoms with E-state index in [0.29, 0.717) is 13.2 Å². The Labute approximate surface area is 102 Å². The summed E-state index contributed by atoms with van der Waals surface area (Å²) in [5.41, 5.74) is -0.802. The van der Waals surface area contributed by atoms with Gasteiger partial charge in [0.05, 0.1) is 12.7 Å². The largest absolute Gasteiger partial charge is 0.377 e. The highest BCUT2D eigenvalue weighted by Crippen LogP contribution is 2.20. The molecule has 0 aromatic rings. The average molecular weight is 242 g/mol. The molecule has 1 heterocycles. The van der Waals surface area contributed by atoms with Gasteiger partial charge in [0.15, 0.2) is 0 Å². The summed E-state index contributed by atoms with van der Waals surface area (Å²) in [6, 6.07) is -0.449. The van der Waals surface area contributed by atoms with Crippen LogP contribution in [0.2, 0.25) is 0 Å². The van der Waals surface area contributed by atoms with Crippen LogP contribution < -0.4 is 5.32 Å². The fourth-order valence-corrected chi connectivity index (χ4v) is 1.84. The highest BCUT2D eigenvalue weighted by molar-refractivity contribution is 5.99. The molecule has 5 heteroatoms. The van der Waals surface area contributed by atoms with Crippen LogP contribution in [0.4, 0.5) is 0 Å². The molecule has 1 unspecified atom stereocenters. The molecule has 1 atom stereocenters. The quantitative estimate of drug-likeness (QED) is 0.782. The second kappa shape index (κ2) is 5.04. The third-order valence-electron chi connectivity index (χ3n) is 2.98. The second-order valence-corrected chi connectivity index (χ2v) is 5.16. The lowest BCUT2D eigenvalue weighted by atomic mass is 9.96. The minimum atomic E-state index is -0.802. The van der Waals surface area contributed by atoms with Crippen molar-refractivity contribution in [2.75, 3.05) is 13.2 Å². The zero-order valence-corrected chi connectivity index (χ0v) is 11.2. The van der Waals surface area contributed by atoms with Crippen LogP contribution in [0.1, 0.15) is 34.6 Å². The standard InChI is InChI=1S/C12H22N2O3/c1-8(2)17-7-6-14-10(15)9(3)13-11(16)12(14,4)5/h8-9H,6-7H2,1-5H3,(H,13,16). The van der Waals surface area contributed by atoms with E-state index in [-0.39, 0.29) is 17.9 Å². The molecule has 1 rings (SSSR count). The lowest BCUT2D eigenvalue weighted by Gasteiger charge is -2.43. The number of nitrogens with one attached hydrogen (secondary N) is 1. The van der Waals surface area contributed by atoms with E-state index in [1.54, 1.807) is 25.7 Å². The van der Waals surface area contributed by atoms with Crippen LogP contribution in [0.25, 0.3) is 0 Å².